The average Bonchev–Trinajstić information content (AvgIpc) is 2.12. The minimum Gasteiger partial charge on any atom is -0.380 e. The minimum atomic E-state index is -5.61. The maximum atomic E-state index is 12.4. The lowest BCUT2D eigenvalue weighted by molar-refractivity contribution is -0.0527. The molecule has 114 valence electrons. The highest BCUT2D eigenvalue weighted by atomic mass is 32.2. The normalized spacial score (nSPS) is 13.3. The molecule has 0 aliphatic rings. The number of halogens is 3. The first-order valence-electron chi connectivity index (χ1n) is 6.06. The molecule has 0 spiro atoms. The molecule has 0 unspecified atom stereocenters. The van der Waals surface area contributed by atoms with Gasteiger partial charge in [0.2, 0.25) is 0 Å². The lowest BCUT2D eigenvalue weighted by Gasteiger charge is -2.24. The van der Waals surface area contributed by atoms with Crippen molar-refractivity contribution in [3.8, 4) is 0 Å². The summed E-state index contributed by atoms with van der Waals surface area (Å²) < 4.78 is 63.8. The lowest BCUT2D eigenvalue weighted by Crippen LogP contribution is -2.27. The van der Waals surface area contributed by atoms with E-state index < -0.39 is 21.5 Å². The van der Waals surface area contributed by atoms with Gasteiger partial charge in [0, 0.05) is 5.92 Å². The zero-order valence-electron chi connectivity index (χ0n) is 12.0. The third-order valence-corrected chi connectivity index (χ3v) is 3.50. The van der Waals surface area contributed by atoms with Crippen LogP contribution in [0.2, 0.25) is 0 Å². The molecule has 7 heteroatoms. The summed E-state index contributed by atoms with van der Waals surface area (Å²) in [4.78, 5) is 0. The second-order valence-corrected chi connectivity index (χ2v) is 6.80. The molecule has 0 aromatic carbocycles. The molecule has 0 rings (SSSR count). The molecule has 0 heterocycles. The van der Waals surface area contributed by atoms with E-state index in [2.05, 4.69) is 4.18 Å². The van der Waals surface area contributed by atoms with Crippen molar-refractivity contribution in [1.82, 2.24) is 0 Å². The fraction of sp³-hybridized carbons (Fsp3) is 0.833. The van der Waals surface area contributed by atoms with Gasteiger partial charge >= 0.3 is 15.6 Å². The molecule has 0 bridgehead atoms. The number of hydrogen-bond acceptors (Lipinski definition) is 3. The van der Waals surface area contributed by atoms with Crippen molar-refractivity contribution >= 4 is 10.1 Å². The summed E-state index contributed by atoms with van der Waals surface area (Å²) in [5.74, 6) is -0.749. The van der Waals surface area contributed by atoms with Crippen LogP contribution in [-0.4, -0.2) is 13.9 Å². The van der Waals surface area contributed by atoms with Crippen molar-refractivity contribution < 1.29 is 25.8 Å². The van der Waals surface area contributed by atoms with Gasteiger partial charge in [-0.3, -0.25) is 0 Å². The van der Waals surface area contributed by atoms with E-state index in [0.29, 0.717) is 5.57 Å². The summed E-state index contributed by atoms with van der Waals surface area (Å²) in [6.45, 7) is 10.4. The molecule has 0 saturated carbocycles. The van der Waals surface area contributed by atoms with Crippen LogP contribution in [0.4, 0.5) is 13.2 Å². The molecule has 0 aliphatic heterocycles. The molecule has 0 N–H and O–H groups in total. The lowest BCUT2D eigenvalue weighted by atomic mass is 9.88. The van der Waals surface area contributed by atoms with Gasteiger partial charge in [-0.1, -0.05) is 41.5 Å². The Morgan fingerprint density at radius 1 is 0.895 bits per heavy atom. The maximum Gasteiger partial charge on any atom is 0.534 e. The van der Waals surface area contributed by atoms with E-state index in [0.717, 1.165) is 0 Å². The highest BCUT2D eigenvalue weighted by molar-refractivity contribution is 7.87. The predicted molar refractivity (Wildman–Crippen MR) is 67.6 cm³/mol. The first kappa shape index (κ1) is 18.3. The highest BCUT2D eigenvalue weighted by Crippen LogP contribution is 2.33. The first-order valence-corrected chi connectivity index (χ1v) is 7.46. The molecule has 0 saturated heterocycles. The van der Waals surface area contributed by atoms with E-state index in [9.17, 15) is 21.6 Å². The van der Waals surface area contributed by atoms with Crippen LogP contribution >= 0.6 is 0 Å². The van der Waals surface area contributed by atoms with Crippen molar-refractivity contribution in [1.29, 1.82) is 0 Å². The van der Waals surface area contributed by atoms with E-state index in [1.165, 1.54) is 0 Å². The van der Waals surface area contributed by atoms with E-state index >= 15 is 0 Å². The van der Waals surface area contributed by atoms with Crippen molar-refractivity contribution in [3.05, 3.63) is 11.3 Å². The van der Waals surface area contributed by atoms with Crippen LogP contribution in [0, 0.1) is 17.8 Å². The molecule has 0 fully saturated rings. The van der Waals surface area contributed by atoms with Crippen molar-refractivity contribution in [2.75, 3.05) is 0 Å². The van der Waals surface area contributed by atoms with Crippen LogP contribution in [0.15, 0.2) is 11.3 Å². The topological polar surface area (TPSA) is 43.4 Å². The standard InChI is InChI=1S/C12H21F3O3S/c1-7(2)10(8(3)4)11(9(5)6)18-19(16,17)12(13,14)15/h7-9H,1-6H3. The molecular formula is C12H21F3O3S. The molecule has 0 atom stereocenters. The van der Waals surface area contributed by atoms with Crippen LogP contribution in [0.1, 0.15) is 41.5 Å². The van der Waals surface area contributed by atoms with E-state index in [-0.39, 0.29) is 17.6 Å². The third kappa shape index (κ3) is 4.71. The van der Waals surface area contributed by atoms with Crippen LogP contribution in [0.25, 0.3) is 0 Å². The summed E-state index contributed by atoms with van der Waals surface area (Å²) >= 11 is 0. The zero-order chi connectivity index (χ0) is 15.6. The van der Waals surface area contributed by atoms with Crippen LogP contribution < -0.4 is 0 Å². The molecule has 0 aliphatic carbocycles. The fourth-order valence-electron chi connectivity index (χ4n) is 1.88. The van der Waals surface area contributed by atoms with E-state index in [4.69, 9.17) is 0 Å². The van der Waals surface area contributed by atoms with Gasteiger partial charge in [-0.2, -0.15) is 21.6 Å². The van der Waals surface area contributed by atoms with E-state index in [1.807, 2.05) is 0 Å². The van der Waals surface area contributed by atoms with Gasteiger partial charge < -0.3 is 4.18 Å². The van der Waals surface area contributed by atoms with Crippen LogP contribution in [-0.2, 0) is 14.3 Å². The Morgan fingerprint density at radius 2 is 1.26 bits per heavy atom. The molecule has 3 nitrogen and oxygen atoms in total. The largest absolute Gasteiger partial charge is 0.534 e. The zero-order valence-corrected chi connectivity index (χ0v) is 12.8. The Balaban J connectivity index is 5.80. The van der Waals surface area contributed by atoms with Gasteiger partial charge in [-0.25, -0.2) is 0 Å². The smallest absolute Gasteiger partial charge is 0.380 e. The Kier molecular flexibility index (Phi) is 5.92. The fourth-order valence-corrected chi connectivity index (χ4v) is 2.50. The second kappa shape index (κ2) is 6.15. The van der Waals surface area contributed by atoms with Gasteiger partial charge in [0.05, 0.1) is 0 Å². The molecular weight excluding hydrogens is 281 g/mol. The quantitative estimate of drug-likeness (QED) is 0.437. The van der Waals surface area contributed by atoms with Crippen molar-refractivity contribution in [2.24, 2.45) is 17.8 Å². The maximum absolute atomic E-state index is 12.4. The number of hydrogen-bond donors (Lipinski definition) is 0. The Labute approximate surface area is 113 Å². The highest BCUT2D eigenvalue weighted by Gasteiger charge is 2.49. The van der Waals surface area contributed by atoms with Gasteiger partial charge in [-0.05, 0) is 17.4 Å². The number of alkyl halides is 3. The molecule has 0 radical (unpaired) electrons. The van der Waals surface area contributed by atoms with Gasteiger partial charge in [0.1, 0.15) is 5.76 Å². The van der Waals surface area contributed by atoms with Crippen molar-refractivity contribution in [3.63, 3.8) is 0 Å². The number of rotatable bonds is 5. The van der Waals surface area contributed by atoms with Gasteiger partial charge in [0.15, 0.2) is 0 Å². The summed E-state index contributed by atoms with van der Waals surface area (Å²) in [6, 6.07) is 0. The summed E-state index contributed by atoms with van der Waals surface area (Å²) in [7, 11) is -5.61. The first-order chi connectivity index (χ1) is 8.31. The monoisotopic (exact) mass is 302 g/mol. The molecule has 0 amide bonds. The summed E-state index contributed by atoms with van der Waals surface area (Å²) in [5.41, 5.74) is -4.82. The summed E-state index contributed by atoms with van der Waals surface area (Å²) in [6.07, 6.45) is 0. The summed E-state index contributed by atoms with van der Waals surface area (Å²) in [5, 5.41) is 0. The molecule has 0 aromatic rings. The Bertz CT molecular complexity index is 422. The average molecular weight is 302 g/mol. The predicted octanol–water partition coefficient (Wildman–Crippen LogP) is 4.07. The van der Waals surface area contributed by atoms with E-state index in [1.54, 1.807) is 41.5 Å². The SMILES string of the molecule is CC(C)C(OS(=O)(=O)C(F)(F)F)=C(C(C)C)C(C)C. The minimum absolute atomic E-state index is 0.0965. The second-order valence-electron chi connectivity index (χ2n) is 5.27. The van der Waals surface area contributed by atoms with Crippen molar-refractivity contribution in [2.45, 2.75) is 47.1 Å². The third-order valence-electron chi connectivity index (χ3n) is 2.54. The molecule has 0 aromatic heterocycles. The van der Waals surface area contributed by atoms with Gasteiger partial charge in [0.25, 0.3) is 0 Å². The Hall–Kier alpha value is -0.720. The van der Waals surface area contributed by atoms with Gasteiger partial charge in [-0.15, -0.1) is 0 Å². The van der Waals surface area contributed by atoms with Crippen LogP contribution in [0.3, 0.4) is 0 Å². The number of allylic oxidation sites excluding steroid dienone is 2. The Morgan fingerprint density at radius 3 is 1.47 bits per heavy atom. The van der Waals surface area contributed by atoms with Crippen LogP contribution in [0.5, 0.6) is 0 Å². The molecule has 19 heavy (non-hydrogen) atoms.